The molecule has 0 spiro atoms. The van der Waals surface area contributed by atoms with Crippen molar-refractivity contribution in [3.63, 3.8) is 0 Å². The molecule has 0 unspecified atom stereocenters. The topological polar surface area (TPSA) is 12.9 Å². The predicted molar refractivity (Wildman–Crippen MR) is 86.7 cm³/mol. The van der Waals surface area contributed by atoms with Crippen LogP contribution in [0, 0.1) is 6.92 Å². The summed E-state index contributed by atoms with van der Waals surface area (Å²) < 4.78 is 1.26. The van der Waals surface area contributed by atoms with Crippen molar-refractivity contribution < 1.29 is 0 Å². The number of benzene rings is 2. The van der Waals surface area contributed by atoms with Crippen molar-refractivity contribution in [1.82, 2.24) is 4.98 Å². The minimum absolute atomic E-state index is 1.07. The number of allylic oxidation sites excluding steroid dienone is 1. The normalized spacial score (nSPS) is 11.7. The number of fused-ring (bicyclic) bond motifs is 3. The van der Waals surface area contributed by atoms with Crippen LogP contribution >= 0.6 is 11.3 Å². The SMILES string of the molecule is C=Cc1c(/C=C\C)c2ccccc2c2sc(C)nc12. The van der Waals surface area contributed by atoms with Crippen molar-refractivity contribution >= 4 is 44.5 Å². The molecule has 2 heteroatoms. The summed E-state index contributed by atoms with van der Waals surface area (Å²) >= 11 is 1.75. The van der Waals surface area contributed by atoms with E-state index >= 15 is 0 Å². The average Bonchev–Trinajstić information content (AvgIpc) is 2.81. The van der Waals surface area contributed by atoms with Gasteiger partial charge in [-0.3, -0.25) is 0 Å². The Labute approximate surface area is 116 Å². The molecule has 0 aliphatic rings. The molecule has 94 valence electrons. The van der Waals surface area contributed by atoms with Gasteiger partial charge < -0.3 is 0 Å². The first kappa shape index (κ1) is 12.1. The summed E-state index contributed by atoms with van der Waals surface area (Å²) in [6, 6.07) is 8.52. The molecule has 3 aromatic rings. The van der Waals surface area contributed by atoms with E-state index in [0.717, 1.165) is 16.1 Å². The van der Waals surface area contributed by atoms with Crippen molar-refractivity contribution in [2.24, 2.45) is 0 Å². The summed E-state index contributed by atoms with van der Waals surface area (Å²) in [6.07, 6.45) is 6.14. The molecule has 0 radical (unpaired) electrons. The van der Waals surface area contributed by atoms with Gasteiger partial charge in [0.15, 0.2) is 0 Å². The van der Waals surface area contributed by atoms with Gasteiger partial charge in [-0.25, -0.2) is 4.98 Å². The van der Waals surface area contributed by atoms with E-state index in [4.69, 9.17) is 4.98 Å². The fourth-order valence-corrected chi connectivity index (χ4v) is 3.51. The van der Waals surface area contributed by atoms with Crippen LogP contribution < -0.4 is 0 Å². The highest BCUT2D eigenvalue weighted by Crippen LogP contribution is 2.37. The molecule has 0 fully saturated rings. The molecule has 0 saturated carbocycles. The van der Waals surface area contributed by atoms with Crippen LogP contribution in [-0.2, 0) is 0 Å². The van der Waals surface area contributed by atoms with Crippen molar-refractivity contribution in [3.8, 4) is 0 Å². The molecule has 3 rings (SSSR count). The zero-order valence-electron chi connectivity index (χ0n) is 11.1. The van der Waals surface area contributed by atoms with Gasteiger partial charge >= 0.3 is 0 Å². The largest absolute Gasteiger partial charge is 0.241 e. The molecule has 0 saturated heterocycles. The Hall–Kier alpha value is -1.93. The molecule has 19 heavy (non-hydrogen) atoms. The highest BCUT2D eigenvalue weighted by molar-refractivity contribution is 7.19. The smallest absolute Gasteiger partial charge is 0.0908 e. The zero-order valence-corrected chi connectivity index (χ0v) is 11.9. The second-order valence-corrected chi connectivity index (χ2v) is 5.69. The first-order valence-electron chi connectivity index (χ1n) is 6.33. The predicted octanol–water partition coefficient (Wildman–Crippen LogP) is 5.43. The summed E-state index contributed by atoms with van der Waals surface area (Å²) in [5.74, 6) is 0. The number of rotatable bonds is 2. The first-order valence-corrected chi connectivity index (χ1v) is 7.15. The summed E-state index contributed by atoms with van der Waals surface area (Å²) in [5.41, 5.74) is 3.42. The lowest BCUT2D eigenvalue weighted by Crippen LogP contribution is -1.87. The van der Waals surface area contributed by atoms with Gasteiger partial charge in [0.1, 0.15) is 0 Å². The second kappa shape index (κ2) is 4.63. The van der Waals surface area contributed by atoms with Crippen LogP contribution in [0.3, 0.4) is 0 Å². The van der Waals surface area contributed by atoms with Gasteiger partial charge in [0, 0.05) is 10.9 Å². The molecule has 0 bridgehead atoms. The van der Waals surface area contributed by atoms with Crippen molar-refractivity contribution in [3.05, 3.63) is 53.1 Å². The third-order valence-corrected chi connectivity index (χ3v) is 4.28. The van der Waals surface area contributed by atoms with Crippen molar-refractivity contribution in [1.29, 1.82) is 0 Å². The Bertz CT molecular complexity index is 809. The highest BCUT2D eigenvalue weighted by atomic mass is 32.1. The average molecular weight is 265 g/mol. The molecular weight excluding hydrogens is 250 g/mol. The Balaban J connectivity index is 2.64. The van der Waals surface area contributed by atoms with E-state index < -0.39 is 0 Å². The third kappa shape index (κ3) is 1.80. The molecule has 1 nitrogen and oxygen atoms in total. The van der Waals surface area contributed by atoms with Gasteiger partial charge in [-0.1, -0.05) is 49.1 Å². The lowest BCUT2D eigenvalue weighted by molar-refractivity contribution is 1.34. The Morgan fingerprint density at radius 1 is 1.16 bits per heavy atom. The lowest BCUT2D eigenvalue weighted by atomic mass is 9.97. The molecule has 1 aromatic heterocycles. The second-order valence-electron chi connectivity index (χ2n) is 4.49. The van der Waals surface area contributed by atoms with E-state index in [9.17, 15) is 0 Å². The molecule has 2 aromatic carbocycles. The summed E-state index contributed by atoms with van der Waals surface area (Å²) in [5, 5.41) is 3.65. The van der Waals surface area contributed by atoms with Gasteiger partial charge in [-0.05, 0) is 24.8 Å². The molecule has 0 aliphatic heterocycles. The van der Waals surface area contributed by atoms with Crippen LogP contribution in [0.1, 0.15) is 23.1 Å². The van der Waals surface area contributed by atoms with Gasteiger partial charge in [-0.15, -0.1) is 11.3 Å². The van der Waals surface area contributed by atoms with Crippen LogP contribution in [0.15, 0.2) is 36.9 Å². The van der Waals surface area contributed by atoms with Gasteiger partial charge in [0.25, 0.3) is 0 Å². The number of thiazole rings is 1. The molecule has 1 heterocycles. The maximum Gasteiger partial charge on any atom is 0.0908 e. The summed E-state index contributed by atoms with van der Waals surface area (Å²) in [4.78, 5) is 4.69. The molecule has 0 amide bonds. The van der Waals surface area contributed by atoms with Crippen LogP contribution in [0.5, 0.6) is 0 Å². The minimum Gasteiger partial charge on any atom is -0.241 e. The number of aromatic nitrogens is 1. The number of aryl methyl sites for hydroxylation is 1. The Morgan fingerprint density at radius 2 is 1.89 bits per heavy atom. The van der Waals surface area contributed by atoms with Crippen LogP contribution in [0.2, 0.25) is 0 Å². The van der Waals surface area contributed by atoms with E-state index in [-0.39, 0.29) is 0 Å². The lowest BCUT2D eigenvalue weighted by Gasteiger charge is -2.08. The van der Waals surface area contributed by atoms with E-state index in [2.05, 4.69) is 49.9 Å². The van der Waals surface area contributed by atoms with Gasteiger partial charge in [0.05, 0.1) is 15.2 Å². The van der Waals surface area contributed by atoms with E-state index in [1.165, 1.54) is 21.0 Å². The highest BCUT2D eigenvalue weighted by Gasteiger charge is 2.13. The fourth-order valence-electron chi connectivity index (χ4n) is 2.53. The molecule has 0 N–H and O–H groups in total. The van der Waals surface area contributed by atoms with Crippen LogP contribution in [-0.4, -0.2) is 4.98 Å². The monoisotopic (exact) mass is 265 g/mol. The molecular formula is C17H15NS. The maximum absolute atomic E-state index is 4.69. The number of nitrogens with zero attached hydrogens (tertiary/aromatic N) is 1. The fraction of sp³-hybridized carbons (Fsp3) is 0.118. The van der Waals surface area contributed by atoms with E-state index in [1.807, 2.05) is 13.0 Å². The molecule has 0 aliphatic carbocycles. The maximum atomic E-state index is 4.69. The van der Waals surface area contributed by atoms with Crippen LogP contribution in [0.4, 0.5) is 0 Å². The third-order valence-electron chi connectivity index (χ3n) is 3.28. The van der Waals surface area contributed by atoms with Crippen LogP contribution in [0.25, 0.3) is 33.1 Å². The summed E-state index contributed by atoms with van der Waals surface area (Å²) in [6.45, 7) is 8.07. The van der Waals surface area contributed by atoms with Gasteiger partial charge in [-0.2, -0.15) is 0 Å². The van der Waals surface area contributed by atoms with Crippen molar-refractivity contribution in [2.45, 2.75) is 13.8 Å². The Morgan fingerprint density at radius 3 is 2.58 bits per heavy atom. The Kier molecular flexibility index (Phi) is 2.96. The van der Waals surface area contributed by atoms with E-state index in [1.54, 1.807) is 11.3 Å². The molecule has 0 atom stereocenters. The number of hydrogen-bond donors (Lipinski definition) is 0. The van der Waals surface area contributed by atoms with Gasteiger partial charge in [0.2, 0.25) is 0 Å². The quantitative estimate of drug-likeness (QED) is 0.601. The van der Waals surface area contributed by atoms with E-state index in [0.29, 0.717) is 0 Å². The van der Waals surface area contributed by atoms with Crippen molar-refractivity contribution in [2.75, 3.05) is 0 Å². The minimum atomic E-state index is 1.07. The zero-order chi connectivity index (χ0) is 13.4. The number of hydrogen-bond acceptors (Lipinski definition) is 2. The summed E-state index contributed by atoms with van der Waals surface area (Å²) in [7, 11) is 0. The first-order chi connectivity index (χ1) is 9.26. The standard InChI is InChI=1S/C17H15NS/c1-4-8-13-12(5-2)16-17(19-11(3)18-16)15-10-7-6-9-14(13)15/h4-10H,2H2,1,3H3/b8-4-.